The molecule has 1 fully saturated rings. The number of imidazole rings is 1. The Labute approximate surface area is 100 Å². The fourth-order valence-electron chi connectivity index (χ4n) is 2.40. The van der Waals surface area contributed by atoms with Gasteiger partial charge in [0.2, 0.25) is 0 Å². The van der Waals surface area contributed by atoms with Crippen molar-refractivity contribution in [1.82, 2.24) is 9.38 Å². The van der Waals surface area contributed by atoms with Crippen LogP contribution in [-0.2, 0) is 9.84 Å². The van der Waals surface area contributed by atoms with Crippen LogP contribution in [-0.4, -0.2) is 29.3 Å². The van der Waals surface area contributed by atoms with E-state index in [1.54, 1.807) is 0 Å². The number of hydrogen-bond donors (Lipinski definition) is 0. The van der Waals surface area contributed by atoms with Crippen molar-refractivity contribution in [1.29, 1.82) is 0 Å². The summed E-state index contributed by atoms with van der Waals surface area (Å²) < 4.78 is 24.9. The average molecular weight is 250 g/mol. The molecule has 1 atom stereocenters. The van der Waals surface area contributed by atoms with Crippen molar-refractivity contribution in [2.24, 2.45) is 0 Å². The lowest BCUT2D eigenvalue weighted by molar-refractivity contribution is 0.601. The van der Waals surface area contributed by atoms with Gasteiger partial charge in [-0.25, -0.2) is 13.4 Å². The van der Waals surface area contributed by atoms with Gasteiger partial charge in [-0.2, -0.15) is 0 Å². The zero-order chi connectivity index (χ0) is 12.0. The molecule has 1 aliphatic rings. The Kier molecular flexibility index (Phi) is 2.26. The largest absolute Gasteiger partial charge is 0.307 e. The van der Waals surface area contributed by atoms with E-state index in [1.165, 1.54) is 0 Å². The van der Waals surface area contributed by atoms with Crippen molar-refractivity contribution in [2.75, 3.05) is 11.5 Å². The summed E-state index contributed by atoms with van der Waals surface area (Å²) in [5.74, 6) is 0.611. The predicted molar refractivity (Wildman–Crippen MR) is 65.9 cm³/mol. The molecule has 90 valence electrons. The summed E-state index contributed by atoms with van der Waals surface area (Å²) in [6.45, 7) is 2.01. The van der Waals surface area contributed by atoms with Gasteiger partial charge >= 0.3 is 0 Å². The second-order valence-electron chi connectivity index (χ2n) is 4.69. The van der Waals surface area contributed by atoms with Crippen molar-refractivity contribution < 1.29 is 8.42 Å². The van der Waals surface area contributed by atoms with Gasteiger partial charge in [-0.3, -0.25) is 0 Å². The Morgan fingerprint density at radius 1 is 1.47 bits per heavy atom. The Balaban J connectivity index is 2.05. The van der Waals surface area contributed by atoms with E-state index in [0.717, 1.165) is 16.9 Å². The highest BCUT2D eigenvalue weighted by molar-refractivity contribution is 7.91. The number of nitrogens with zero attached hydrogens (tertiary/aromatic N) is 2. The number of sulfone groups is 1. The molecule has 0 radical (unpaired) electrons. The summed E-state index contributed by atoms with van der Waals surface area (Å²) >= 11 is 0. The van der Waals surface area contributed by atoms with Gasteiger partial charge in [-0.05, 0) is 25.0 Å². The summed E-state index contributed by atoms with van der Waals surface area (Å²) in [6.07, 6.45) is 4.60. The Hall–Kier alpha value is -1.36. The van der Waals surface area contributed by atoms with E-state index in [-0.39, 0.29) is 11.7 Å². The first-order valence-electron chi connectivity index (χ1n) is 5.70. The zero-order valence-electron chi connectivity index (χ0n) is 9.63. The van der Waals surface area contributed by atoms with Crippen molar-refractivity contribution in [3.8, 4) is 0 Å². The maximum Gasteiger partial charge on any atom is 0.151 e. The summed E-state index contributed by atoms with van der Waals surface area (Å²) in [6, 6.07) is 3.98. The third-order valence-corrected chi connectivity index (χ3v) is 5.12. The number of aromatic nitrogens is 2. The first-order valence-corrected chi connectivity index (χ1v) is 7.52. The zero-order valence-corrected chi connectivity index (χ0v) is 10.4. The minimum Gasteiger partial charge on any atom is -0.307 e. The highest BCUT2D eigenvalue weighted by Gasteiger charge is 2.30. The van der Waals surface area contributed by atoms with E-state index in [9.17, 15) is 8.42 Å². The van der Waals surface area contributed by atoms with E-state index in [2.05, 4.69) is 4.98 Å². The fourth-order valence-corrected chi connectivity index (χ4v) is 4.16. The molecule has 0 aromatic carbocycles. The van der Waals surface area contributed by atoms with Gasteiger partial charge in [0.05, 0.1) is 17.2 Å². The first-order chi connectivity index (χ1) is 8.05. The van der Waals surface area contributed by atoms with Crippen LogP contribution in [0.1, 0.15) is 23.6 Å². The van der Waals surface area contributed by atoms with Crippen LogP contribution in [0.3, 0.4) is 0 Å². The van der Waals surface area contributed by atoms with Crippen LogP contribution in [0.25, 0.3) is 5.65 Å². The highest BCUT2D eigenvalue weighted by Crippen LogP contribution is 2.28. The van der Waals surface area contributed by atoms with Crippen LogP contribution in [0, 0.1) is 6.92 Å². The van der Waals surface area contributed by atoms with Gasteiger partial charge < -0.3 is 4.40 Å². The maximum atomic E-state index is 11.5. The molecule has 2 aromatic heterocycles. The monoisotopic (exact) mass is 250 g/mol. The number of pyridine rings is 1. The van der Waals surface area contributed by atoms with Gasteiger partial charge in [0.25, 0.3) is 0 Å². The lowest BCUT2D eigenvalue weighted by atomic mass is 10.1. The normalized spacial score (nSPS) is 23.2. The quantitative estimate of drug-likeness (QED) is 0.771. The number of fused-ring (bicyclic) bond motifs is 1. The molecule has 3 rings (SSSR count). The predicted octanol–water partition coefficient (Wildman–Crippen LogP) is 1.54. The Morgan fingerprint density at radius 3 is 2.94 bits per heavy atom. The molecule has 17 heavy (non-hydrogen) atoms. The summed E-state index contributed by atoms with van der Waals surface area (Å²) in [4.78, 5) is 4.56. The molecule has 0 N–H and O–H groups in total. The molecule has 3 heterocycles. The van der Waals surface area contributed by atoms with E-state index in [4.69, 9.17) is 0 Å². The summed E-state index contributed by atoms with van der Waals surface area (Å²) in [5.41, 5.74) is 2.94. The number of hydrogen-bond acceptors (Lipinski definition) is 3. The van der Waals surface area contributed by atoms with E-state index in [1.807, 2.05) is 35.9 Å². The molecule has 0 aliphatic carbocycles. The summed E-state index contributed by atoms with van der Waals surface area (Å²) in [5, 5.41) is 0. The second-order valence-corrected chi connectivity index (χ2v) is 6.92. The van der Waals surface area contributed by atoms with Crippen molar-refractivity contribution >= 4 is 15.5 Å². The van der Waals surface area contributed by atoms with Crippen LogP contribution >= 0.6 is 0 Å². The standard InChI is InChI=1S/C12H14N2O2S/c1-9-3-2-5-14-7-11(13-12(9)14)10-4-6-17(15,16)8-10/h2-3,5,7,10H,4,6,8H2,1H3. The lowest BCUT2D eigenvalue weighted by Gasteiger charge is -2.00. The lowest BCUT2D eigenvalue weighted by Crippen LogP contribution is -2.03. The van der Waals surface area contributed by atoms with Crippen LogP contribution in [0.4, 0.5) is 0 Å². The van der Waals surface area contributed by atoms with Crippen LogP contribution in [0.2, 0.25) is 0 Å². The number of rotatable bonds is 1. The Bertz CT molecular complexity index is 673. The maximum absolute atomic E-state index is 11.5. The van der Waals surface area contributed by atoms with Crippen molar-refractivity contribution in [3.63, 3.8) is 0 Å². The molecule has 1 saturated heterocycles. The molecule has 4 nitrogen and oxygen atoms in total. The molecule has 1 unspecified atom stereocenters. The van der Waals surface area contributed by atoms with E-state index < -0.39 is 9.84 Å². The molecule has 0 spiro atoms. The van der Waals surface area contributed by atoms with E-state index >= 15 is 0 Å². The third kappa shape index (κ3) is 1.84. The molecule has 1 aliphatic heterocycles. The fraction of sp³-hybridized carbons (Fsp3) is 0.417. The second kappa shape index (κ2) is 3.57. The van der Waals surface area contributed by atoms with Crippen molar-refractivity contribution in [3.05, 3.63) is 35.8 Å². The van der Waals surface area contributed by atoms with Gasteiger partial charge in [0, 0.05) is 18.3 Å². The molecule has 0 saturated carbocycles. The highest BCUT2D eigenvalue weighted by atomic mass is 32.2. The molecular formula is C12H14N2O2S. The molecular weight excluding hydrogens is 236 g/mol. The van der Waals surface area contributed by atoms with E-state index in [0.29, 0.717) is 12.2 Å². The van der Waals surface area contributed by atoms with Gasteiger partial charge in [0.15, 0.2) is 9.84 Å². The van der Waals surface area contributed by atoms with Crippen LogP contribution in [0.5, 0.6) is 0 Å². The third-order valence-electron chi connectivity index (χ3n) is 3.35. The van der Waals surface area contributed by atoms with Gasteiger partial charge in [0.1, 0.15) is 5.65 Å². The molecule has 0 bridgehead atoms. The average Bonchev–Trinajstić information content (AvgIpc) is 2.82. The smallest absolute Gasteiger partial charge is 0.151 e. The molecule has 0 amide bonds. The molecule has 5 heteroatoms. The minimum atomic E-state index is -2.84. The number of aryl methyl sites for hydroxylation is 1. The summed E-state index contributed by atoms with van der Waals surface area (Å²) in [7, 11) is -2.84. The Morgan fingerprint density at radius 2 is 2.29 bits per heavy atom. The van der Waals surface area contributed by atoms with Crippen LogP contribution < -0.4 is 0 Å². The topological polar surface area (TPSA) is 51.4 Å². The van der Waals surface area contributed by atoms with Crippen LogP contribution in [0.15, 0.2) is 24.5 Å². The first kappa shape index (κ1) is 10.8. The van der Waals surface area contributed by atoms with Gasteiger partial charge in [-0.15, -0.1) is 0 Å². The SMILES string of the molecule is Cc1cccn2cc(C3CCS(=O)(=O)C3)nc12. The minimum absolute atomic E-state index is 0.0688. The van der Waals surface area contributed by atoms with Gasteiger partial charge in [-0.1, -0.05) is 6.07 Å². The van der Waals surface area contributed by atoms with Crippen molar-refractivity contribution in [2.45, 2.75) is 19.3 Å². The molecule has 2 aromatic rings.